The number of carbonyl (C=O) groups excluding carboxylic acids is 2. The molecule has 180 valence electrons. The maximum absolute atomic E-state index is 12.5. The number of aromatic nitrogens is 2. The highest BCUT2D eigenvalue weighted by molar-refractivity contribution is 5.77. The number of nitrogens with zero attached hydrogens (tertiary/aromatic N) is 3. The second-order valence-electron chi connectivity index (χ2n) is 10.3. The number of nitrogen functional groups attached to an aromatic ring is 1. The lowest BCUT2D eigenvalue weighted by Crippen LogP contribution is -2.42. The number of hydrogen-bond acceptors (Lipinski definition) is 7. The summed E-state index contributed by atoms with van der Waals surface area (Å²) in [5.74, 6) is 0.0740. The second-order valence-corrected chi connectivity index (χ2v) is 10.3. The SMILES string of the molecule is CC(C)(C)OC(=O)N1CCC[C@@H]1CNc1ccc(-c2cn(C(=O)OC(C)(C)C)c(N)n2)cc1. The third-order valence-electron chi connectivity index (χ3n) is 5.05. The Bertz CT molecular complexity index is 986. The first-order valence-corrected chi connectivity index (χ1v) is 11.2. The van der Waals surface area contributed by atoms with Gasteiger partial charge in [0, 0.05) is 30.5 Å². The smallest absolute Gasteiger partial charge is 0.421 e. The summed E-state index contributed by atoms with van der Waals surface area (Å²) in [6, 6.07) is 7.77. The first-order valence-electron chi connectivity index (χ1n) is 11.2. The van der Waals surface area contributed by atoms with Gasteiger partial charge in [-0.25, -0.2) is 19.1 Å². The number of benzene rings is 1. The molecule has 1 aromatic heterocycles. The third kappa shape index (κ3) is 6.63. The molecule has 9 nitrogen and oxygen atoms in total. The van der Waals surface area contributed by atoms with Crippen molar-refractivity contribution in [3.63, 3.8) is 0 Å². The molecular weight excluding hydrogens is 422 g/mol. The van der Waals surface area contributed by atoms with Gasteiger partial charge in [0.2, 0.25) is 5.95 Å². The molecule has 0 saturated carbocycles. The van der Waals surface area contributed by atoms with Crippen LogP contribution in [0.15, 0.2) is 30.5 Å². The Labute approximate surface area is 195 Å². The van der Waals surface area contributed by atoms with Crippen LogP contribution in [0.5, 0.6) is 0 Å². The molecule has 2 aromatic rings. The molecule has 1 amide bonds. The lowest BCUT2D eigenvalue weighted by atomic mass is 10.1. The van der Waals surface area contributed by atoms with Crippen molar-refractivity contribution in [2.75, 3.05) is 24.1 Å². The van der Waals surface area contributed by atoms with Crippen LogP contribution < -0.4 is 11.1 Å². The molecule has 9 heteroatoms. The van der Waals surface area contributed by atoms with E-state index in [1.807, 2.05) is 45.0 Å². The summed E-state index contributed by atoms with van der Waals surface area (Å²) in [5, 5.41) is 3.40. The number of rotatable bonds is 4. The number of amides is 1. The van der Waals surface area contributed by atoms with Crippen molar-refractivity contribution in [3.05, 3.63) is 30.5 Å². The highest BCUT2D eigenvalue weighted by Crippen LogP contribution is 2.24. The molecular formula is C24H35N5O4. The molecule has 1 fully saturated rings. The summed E-state index contributed by atoms with van der Waals surface area (Å²) < 4.78 is 12.1. The summed E-state index contributed by atoms with van der Waals surface area (Å²) in [7, 11) is 0. The third-order valence-corrected chi connectivity index (χ3v) is 5.05. The fraction of sp³-hybridized carbons (Fsp3) is 0.542. The zero-order valence-electron chi connectivity index (χ0n) is 20.3. The van der Waals surface area contributed by atoms with E-state index in [9.17, 15) is 9.59 Å². The fourth-order valence-electron chi connectivity index (χ4n) is 3.59. The molecule has 0 unspecified atom stereocenters. The minimum Gasteiger partial charge on any atom is -0.444 e. The summed E-state index contributed by atoms with van der Waals surface area (Å²) in [5.41, 5.74) is 7.12. The summed E-state index contributed by atoms with van der Waals surface area (Å²) in [6.45, 7) is 12.4. The van der Waals surface area contributed by atoms with Gasteiger partial charge in [0.05, 0.1) is 11.7 Å². The molecule has 33 heavy (non-hydrogen) atoms. The number of nitrogens with two attached hydrogens (primary N) is 1. The Morgan fingerprint density at radius 3 is 2.27 bits per heavy atom. The van der Waals surface area contributed by atoms with Gasteiger partial charge in [0.15, 0.2) is 0 Å². The van der Waals surface area contributed by atoms with Crippen LogP contribution in [0.1, 0.15) is 54.4 Å². The Balaban J connectivity index is 1.61. The van der Waals surface area contributed by atoms with Gasteiger partial charge in [-0.3, -0.25) is 0 Å². The van der Waals surface area contributed by atoms with Crippen molar-refractivity contribution >= 4 is 23.8 Å². The van der Waals surface area contributed by atoms with Crippen molar-refractivity contribution in [2.24, 2.45) is 0 Å². The van der Waals surface area contributed by atoms with Crippen LogP contribution in [0.25, 0.3) is 11.3 Å². The van der Waals surface area contributed by atoms with Gasteiger partial charge >= 0.3 is 12.2 Å². The summed E-state index contributed by atoms with van der Waals surface area (Å²) >= 11 is 0. The van der Waals surface area contributed by atoms with E-state index in [4.69, 9.17) is 15.2 Å². The standard InChI is InChI=1S/C24H35N5O4/c1-23(2,3)32-21(30)28-13-7-8-18(28)14-26-17-11-9-16(10-12-17)19-15-29(20(25)27-19)22(31)33-24(4,5)6/h9-12,15,18,26H,7-8,13-14H2,1-6H3,(H2,25,27)/t18-/m1/s1. The largest absolute Gasteiger partial charge is 0.444 e. The van der Waals surface area contributed by atoms with Crippen LogP contribution in [-0.2, 0) is 9.47 Å². The van der Waals surface area contributed by atoms with Crippen molar-refractivity contribution in [1.29, 1.82) is 0 Å². The number of anilines is 2. The predicted molar refractivity (Wildman–Crippen MR) is 128 cm³/mol. The zero-order valence-corrected chi connectivity index (χ0v) is 20.3. The molecule has 1 aliphatic rings. The lowest BCUT2D eigenvalue weighted by molar-refractivity contribution is 0.0234. The van der Waals surface area contributed by atoms with E-state index in [1.165, 1.54) is 4.57 Å². The number of ether oxygens (including phenoxy) is 2. The molecule has 1 atom stereocenters. The quantitative estimate of drug-likeness (QED) is 0.683. The van der Waals surface area contributed by atoms with Gasteiger partial charge in [0.25, 0.3) is 0 Å². The molecule has 3 rings (SSSR count). The van der Waals surface area contributed by atoms with Gasteiger partial charge in [-0.15, -0.1) is 0 Å². The van der Waals surface area contributed by atoms with Crippen LogP contribution in [0.3, 0.4) is 0 Å². The van der Waals surface area contributed by atoms with Gasteiger partial charge in [-0.05, 0) is 66.5 Å². The number of imidazole rings is 1. The lowest BCUT2D eigenvalue weighted by Gasteiger charge is -2.29. The number of nitrogens with one attached hydrogen (secondary N) is 1. The monoisotopic (exact) mass is 457 g/mol. The Morgan fingerprint density at radius 1 is 1.06 bits per heavy atom. The average Bonchev–Trinajstić information content (AvgIpc) is 3.31. The van der Waals surface area contributed by atoms with E-state index in [0.29, 0.717) is 18.8 Å². The fourth-order valence-corrected chi connectivity index (χ4v) is 3.59. The highest BCUT2D eigenvalue weighted by atomic mass is 16.6. The van der Waals surface area contributed by atoms with Gasteiger partial charge in [0.1, 0.15) is 11.2 Å². The molecule has 1 aliphatic heterocycles. The van der Waals surface area contributed by atoms with Gasteiger partial charge < -0.3 is 25.4 Å². The minimum atomic E-state index is -0.625. The molecule has 1 aromatic carbocycles. The predicted octanol–water partition coefficient (Wildman–Crippen LogP) is 4.73. The average molecular weight is 458 g/mol. The van der Waals surface area contributed by atoms with E-state index in [-0.39, 0.29) is 18.1 Å². The maximum atomic E-state index is 12.5. The van der Waals surface area contributed by atoms with E-state index in [2.05, 4.69) is 10.3 Å². The topological polar surface area (TPSA) is 112 Å². The van der Waals surface area contributed by atoms with Crippen molar-refractivity contribution < 1.29 is 19.1 Å². The van der Waals surface area contributed by atoms with Gasteiger partial charge in [-0.1, -0.05) is 12.1 Å². The van der Waals surface area contributed by atoms with E-state index in [1.54, 1.807) is 31.9 Å². The zero-order chi connectivity index (χ0) is 24.4. The number of hydrogen-bond donors (Lipinski definition) is 2. The van der Waals surface area contributed by atoms with Crippen LogP contribution in [0.4, 0.5) is 21.2 Å². The minimum absolute atomic E-state index is 0.0740. The normalized spacial score (nSPS) is 16.5. The molecule has 0 aliphatic carbocycles. The van der Waals surface area contributed by atoms with Crippen LogP contribution in [0, 0.1) is 0 Å². The maximum Gasteiger partial charge on any atom is 0.421 e. The molecule has 1 saturated heterocycles. The van der Waals surface area contributed by atoms with Gasteiger partial charge in [-0.2, -0.15) is 0 Å². The van der Waals surface area contributed by atoms with Crippen LogP contribution in [-0.4, -0.2) is 57.0 Å². The van der Waals surface area contributed by atoms with Crippen molar-refractivity contribution in [3.8, 4) is 11.3 Å². The Kier molecular flexibility index (Phi) is 6.90. The molecule has 0 spiro atoms. The molecule has 2 heterocycles. The summed E-state index contributed by atoms with van der Waals surface area (Å²) in [4.78, 5) is 30.9. The van der Waals surface area contributed by atoms with Crippen molar-refractivity contribution in [2.45, 2.75) is 71.6 Å². The van der Waals surface area contributed by atoms with Crippen LogP contribution >= 0.6 is 0 Å². The van der Waals surface area contributed by atoms with Crippen molar-refractivity contribution in [1.82, 2.24) is 14.5 Å². The first kappa shape index (κ1) is 24.4. The molecule has 0 bridgehead atoms. The number of likely N-dealkylation sites (tertiary alicyclic amines) is 1. The first-order chi connectivity index (χ1) is 15.3. The van der Waals surface area contributed by atoms with E-state index in [0.717, 1.165) is 24.1 Å². The Morgan fingerprint density at radius 2 is 1.67 bits per heavy atom. The molecule has 3 N–H and O–H groups in total. The Hall–Kier alpha value is -3.23. The summed E-state index contributed by atoms with van der Waals surface area (Å²) in [6.07, 6.45) is 2.64. The van der Waals surface area contributed by atoms with E-state index < -0.39 is 17.3 Å². The van der Waals surface area contributed by atoms with Crippen LogP contribution in [0.2, 0.25) is 0 Å². The molecule has 0 radical (unpaired) electrons. The highest BCUT2D eigenvalue weighted by Gasteiger charge is 2.32. The second kappa shape index (κ2) is 9.33. The number of carbonyl (C=O) groups is 2. The van der Waals surface area contributed by atoms with E-state index >= 15 is 0 Å².